The third-order valence-electron chi connectivity index (χ3n) is 0.333. The molecule has 0 aromatic carbocycles. The number of aliphatic carboxylic acids is 4. The molecular weight excluding hydrogens is 322 g/mol. The number of carbonyl (C=O) groups is 4. The molecule has 0 aliphatic rings. The summed E-state index contributed by atoms with van der Waals surface area (Å²) in [5, 5.41) is 35.7. The van der Waals surface area contributed by atoms with Gasteiger partial charge in [0.15, 0.2) is 0 Å². The van der Waals surface area contributed by atoms with E-state index in [0.29, 0.717) is 0 Å². The average Bonchev–Trinajstić information content (AvgIpc) is 1.88. The summed E-state index contributed by atoms with van der Waals surface area (Å²) in [5.41, 5.74) is 0. The second kappa shape index (κ2) is 19.4. The van der Waals surface area contributed by atoms with Crippen LogP contribution in [0.25, 0.3) is 0 Å². The van der Waals surface area contributed by atoms with Crippen LogP contribution in [0.2, 0.25) is 0 Å². The van der Waals surface area contributed by atoms with E-state index in [4.69, 9.17) is 39.6 Å². The summed E-state index contributed by atoms with van der Waals surface area (Å²) in [5.74, 6) is -8.74. The summed E-state index contributed by atoms with van der Waals surface area (Å²) in [6.07, 6.45) is 0. The molecule has 96 valence electrons. The fourth-order valence-corrected chi connectivity index (χ4v) is 0. The maximum absolute atomic E-state index is 8.93. The van der Waals surface area contributed by atoms with E-state index in [1.54, 1.807) is 0 Å². The topological polar surface area (TPSA) is 224 Å². The Kier molecular flexibility index (Phi) is 44.1. The minimum atomic E-state index is -2.19. The largest absolute Gasteiger partial charge is 2.00 e. The van der Waals surface area contributed by atoms with Crippen LogP contribution >= 0.6 is 0 Å². The van der Waals surface area contributed by atoms with Crippen LogP contribution in [0.3, 0.4) is 0 Å². The Morgan fingerprint density at radius 1 is 0.562 bits per heavy atom. The van der Waals surface area contributed by atoms with Crippen molar-refractivity contribution in [2.24, 2.45) is 0 Å². The van der Waals surface area contributed by atoms with Gasteiger partial charge in [-0.1, -0.05) is 0 Å². The Balaban J connectivity index is -0.0000000250. The molecule has 0 rings (SSSR count). The Morgan fingerprint density at radius 2 is 0.625 bits per heavy atom. The molecule has 0 amide bonds. The van der Waals surface area contributed by atoms with Gasteiger partial charge in [-0.05, 0) is 0 Å². The quantitative estimate of drug-likeness (QED) is 0.306. The monoisotopic (exact) mass is 326 g/mol. The van der Waals surface area contributed by atoms with E-state index < -0.39 is 23.9 Å². The summed E-state index contributed by atoms with van der Waals surface area (Å²) in [6, 6.07) is 0. The third-order valence-corrected chi connectivity index (χ3v) is 0.333. The minimum Gasteiger partial charge on any atom is -0.543 e. The molecule has 0 atom stereocenters. The molecule has 16 heavy (non-hydrogen) atoms. The van der Waals surface area contributed by atoms with Crippen LogP contribution in [0.1, 0.15) is 0 Å². The number of hydrogen-bond donors (Lipinski definition) is 0. The third kappa shape index (κ3) is 38.5. The Bertz CT molecular complexity index is 179. The fraction of sp³-hybridized carbons (Fsp3) is 0. The molecule has 0 heterocycles. The Hall–Kier alpha value is -1.17. The van der Waals surface area contributed by atoms with Crippen molar-refractivity contribution in [1.82, 2.24) is 0 Å². The molecule has 10 nitrogen and oxygen atoms in total. The van der Waals surface area contributed by atoms with Gasteiger partial charge in [-0.15, -0.1) is 0 Å². The van der Waals surface area contributed by atoms with Crippen molar-refractivity contribution in [3.05, 3.63) is 0 Å². The van der Waals surface area contributed by atoms with Crippen LogP contribution in [0.15, 0.2) is 0 Å². The average molecular weight is 326 g/mol. The first-order valence-electron chi connectivity index (χ1n) is 2.13. The van der Waals surface area contributed by atoms with Crippen LogP contribution in [-0.2, 0) is 53.0 Å². The fourth-order valence-electron chi connectivity index (χ4n) is 0. The number of rotatable bonds is 0. The van der Waals surface area contributed by atoms with Crippen LogP contribution in [-0.4, -0.2) is 34.8 Å². The van der Waals surface area contributed by atoms with Crippen molar-refractivity contribution in [2.45, 2.75) is 0 Å². The molecule has 0 saturated heterocycles. The van der Waals surface area contributed by atoms with Crippen LogP contribution in [0.4, 0.5) is 0 Å². The van der Waals surface area contributed by atoms with E-state index in [1.807, 2.05) is 0 Å². The summed E-state index contributed by atoms with van der Waals surface area (Å²) >= 11 is 0. The van der Waals surface area contributed by atoms with Crippen molar-refractivity contribution in [2.75, 3.05) is 0 Å². The van der Waals surface area contributed by atoms with E-state index in [-0.39, 0.29) is 44.8 Å². The van der Waals surface area contributed by atoms with Crippen molar-refractivity contribution in [3.8, 4) is 0 Å². The summed E-state index contributed by atoms with van der Waals surface area (Å²) in [6.45, 7) is 0. The Morgan fingerprint density at radius 3 is 0.625 bits per heavy atom. The first-order chi connectivity index (χ1) is 5.29. The van der Waals surface area contributed by atoms with Gasteiger partial charge in [-0.3, -0.25) is 0 Å². The SMILES string of the molecule is O.O.O=C([O-])C(=O)[O-].O=C([O-])C(=O)[O-].[Co+2].[Mn+2]. The number of carbonyl (C=O) groups excluding carboxylic acids is 4. The molecule has 0 unspecified atom stereocenters. The zero-order valence-corrected chi connectivity index (χ0v) is 9.20. The summed E-state index contributed by atoms with van der Waals surface area (Å²) in [7, 11) is 0. The van der Waals surface area contributed by atoms with Crippen LogP contribution in [0.5, 0.6) is 0 Å². The van der Waals surface area contributed by atoms with Gasteiger partial charge in [0, 0.05) is 0 Å². The molecule has 12 heteroatoms. The molecule has 0 fully saturated rings. The van der Waals surface area contributed by atoms with Gasteiger partial charge in [0.25, 0.3) is 0 Å². The van der Waals surface area contributed by atoms with Crippen molar-refractivity contribution in [3.63, 3.8) is 0 Å². The van der Waals surface area contributed by atoms with E-state index in [2.05, 4.69) is 0 Å². The van der Waals surface area contributed by atoms with E-state index in [0.717, 1.165) is 0 Å². The molecule has 0 aromatic rings. The normalized spacial score (nSPS) is 5.50. The minimum absolute atomic E-state index is 0. The predicted molar refractivity (Wildman–Crippen MR) is 27.3 cm³/mol. The predicted octanol–water partition coefficient (Wildman–Crippen LogP) is -8.68. The summed E-state index contributed by atoms with van der Waals surface area (Å²) in [4.78, 5) is 35.7. The number of hydrogen-bond acceptors (Lipinski definition) is 8. The molecule has 2 radical (unpaired) electrons. The zero-order valence-electron chi connectivity index (χ0n) is 6.98. The van der Waals surface area contributed by atoms with Crippen LogP contribution in [0, 0.1) is 0 Å². The van der Waals surface area contributed by atoms with Gasteiger partial charge >= 0.3 is 33.8 Å². The van der Waals surface area contributed by atoms with Gasteiger partial charge in [0.05, 0.1) is 23.9 Å². The van der Waals surface area contributed by atoms with Gasteiger partial charge in [-0.2, -0.15) is 0 Å². The van der Waals surface area contributed by atoms with Gasteiger partial charge in [0.2, 0.25) is 0 Å². The molecule has 0 saturated carbocycles. The van der Waals surface area contributed by atoms with Gasteiger partial charge in [0.1, 0.15) is 0 Å². The van der Waals surface area contributed by atoms with Crippen molar-refractivity contribution >= 4 is 23.9 Å². The smallest absolute Gasteiger partial charge is 0.543 e. The van der Waals surface area contributed by atoms with Crippen LogP contribution < -0.4 is 20.4 Å². The first-order valence-corrected chi connectivity index (χ1v) is 2.13. The molecule has 4 N–H and O–H groups in total. The summed E-state index contributed by atoms with van der Waals surface area (Å²) < 4.78 is 0. The maximum atomic E-state index is 8.93. The molecule has 0 aliphatic carbocycles. The van der Waals surface area contributed by atoms with E-state index in [9.17, 15) is 0 Å². The van der Waals surface area contributed by atoms with Gasteiger partial charge < -0.3 is 50.6 Å². The Labute approximate surface area is 109 Å². The molecule has 0 aromatic heterocycles. The molecular formula is C4H4CoMnO10. The van der Waals surface area contributed by atoms with E-state index >= 15 is 0 Å². The zero-order chi connectivity index (χ0) is 10.3. The molecule has 0 bridgehead atoms. The molecule has 0 spiro atoms. The molecule has 0 aliphatic heterocycles. The van der Waals surface area contributed by atoms with E-state index in [1.165, 1.54) is 0 Å². The number of carboxylic acid groups (broad SMARTS) is 4. The van der Waals surface area contributed by atoms with Gasteiger partial charge in [-0.25, -0.2) is 0 Å². The van der Waals surface area contributed by atoms with Crippen molar-refractivity contribution in [1.29, 1.82) is 0 Å². The maximum Gasteiger partial charge on any atom is 2.00 e. The first kappa shape index (κ1) is 36.4. The van der Waals surface area contributed by atoms with Crippen molar-refractivity contribution < 1.29 is 84.4 Å². The second-order valence-electron chi connectivity index (χ2n) is 1.15. The standard InChI is InChI=1S/2C2H2O4.Co.Mn.2H2O/c2*3-1(4)2(5)6;;;;/h2*(H,3,4)(H,5,6);;;2*1H2/q;;2*+2;;/p-4. The number of carboxylic acids is 4. The second-order valence-corrected chi connectivity index (χ2v) is 1.15.